The third kappa shape index (κ3) is 2.64. The van der Waals surface area contributed by atoms with Gasteiger partial charge >= 0.3 is 6.18 Å². The van der Waals surface area contributed by atoms with Crippen LogP contribution in [0.5, 0.6) is 0 Å². The van der Waals surface area contributed by atoms with E-state index in [1.807, 2.05) is 6.92 Å². The van der Waals surface area contributed by atoms with E-state index < -0.39 is 11.7 Å². The van der Waals surface area contributed by atoms with Gasteiger partial charge in [0.15, 0.2) is 0 Å². The normalized spacial score (nSPS) is 11.6. The van der Waals surface area contributed by atoms with Crippen molar-refractivity contribution in [1.29, 1.82) is 0 Å². The fourth-order valence-electron chi connectivity index (χ4n) is 1.63. The molecule has 2 N–H and O–H groups in total. The molecule has 0 atom stereocenters. The minimum absolute atomic E-state index is 0.0746. The number of aromatic nitrogens is 2. The van der Waals surface area contributed by atoms with Gasteiger partial charge < -0.3 is 5.32 Å². The maximum Gasteiger partial charge on any atom is 0.418 e. The molecule has 2 rings (SSSR count). The number of nitrogens with one attached hydrogen (secondary N) is 2. The first-order chi connectivity index (χ1) is 8.48. The fourth-order valence-corrected chi connectivity index (χ4v) is 1.63. The molecule has 0 aliphatic rings. The quantitative estimate of drug-likeness (QED) is 0.883. The van der Waals surface area contributed by atoms with Crippen LogP contribution < -0.4 is 5.32 Å². The molecule has 0 fully saturated rings. The number of halogens is 3. The van der Waals surface area contributed by atoms with Gasteiger partial charge in [0.05, 0.1) is 11.8 Å². The molecular weight excluding hydrogens is 243 g/mol. The molecule has 0 aliphatic carbocycles. The molecule has 2 aromatic rings. The summed E-state index contributed by atoms with van der Waals surface area (Å²) in [6.07, 6.45) is -2.76. The zero-order chi connectivity index (χ0) is 13.2. The Hall–Kier alpha value is -1.98. The second kappa shape index (κ2) is 4.72. The maximum atomic E-state index is 12.7. The molecule has 0 bridgehead atoms. The van der Waals surface area contributed by atoms with Gasteiger partial charge in [-0.1, -0.05) is 12.1 Å². The number of hydrogen-bond donors (Lipinski definition) is 2. The van der Waals surface area contributed by atoms with Gasteiger partial charge in [0.25, 0.3) is 0 Å². The minimum Gasteiger partial charge on any atom is -0.380 e. The van der Waals surface area contributed by atoms with Crippen molar-refractivity contribution in [3.05, 3.63) is 47.3 Å². The Balaban J connectivity index is 2.17. The molecule has 0 unspecified atom stereocenters. The van der Waals surface area contributed by atoms with Crippen molar-refractivity contribution in [2.75, 3.05) is 5.32 Å². The van der Waals surface area contributed by atoms with E-state index in [4.69, 9.17) is 0 Å². The summed E-state index contributed by atoms with van der Waals surface area (Å²) in [5.74, 6) is 0. The standard InChI is InChI=1S/C12H12F3N3/c1-8-9(7-17-18-8)6-16-11-5-3-2-4-10(11)12(13,14)15/h2-5,7,16H,6H2,1H3,(H,17,18). The third-order valence-electron chi connectivity index (χ3n) is 2.64. The van der Waals surface area contributed by atoms with Crippen molar-refractivity contribution >= 4 is 5.69 Å². The largest absolute Gasteiger partial charge is 0.418 e. The SMILES string of the molecule is Cc1[nH]ncc1CNc1ccccc1C(F)(F)F. The summed E-state index contributed by atoms with van der Waals surface area (Å²) >= 11 is 0. The van der Waals surface area contributed by atoms with Crippen LogP contribution in [-0.2, 0) is 12.7 Å². The molecule has 1 aromatic heterocycles. The summed E-state index contributed by atoms with van der Waals surface area (Å²) in [6, 6.07) is 5.42. The fraction of sp³-hybridized carbons (Fsp3) is 0.250. The number of rotatable bonds is 3. The Morgan fingerprint density at radius 1 is 1.28 bits per heavy atom. The lowest BCUT2D eigenvalue weighted by Gasteiger charge is -2.14. The van der Waals surface area contributed by atoms with Crippen LogP contribution in [0, 0.1) is 6.92 Å². The molecule has 1 aromatic carbocycles. The van der Waals surface area contributed by atoms with Crippen LogP contribution in [-0.4, -0.2) is 10.2 Å². The van der Waals surface area contributed by atoms with E-state index in [1.54, 1.807) is 12.3 Å². The number of anilines is 1. The van der Waals surface area contributed by atoms with E-state index in [1.165, 1.54) is 12.1 Å². The van der Waals surface area contributed by atoms with Crippen LogP contribution in [0.25, 0.3) is 0 Å². The molecule has 18 heavy (non-hydrogen) atoms. The Morgan fingerprint density at radius 2 is 2.00 bits per heavy atom. The van der Waals surface area contributed by atoms with Gasteiger partial charge in [0.1, 0.15) is 0 Å². The van der Waals surface area contributed by atoms with Crippen LogP contribution >= 0.6 is 0 Å². The monoisotopic (exact) mass is 255 g/mol. The number of para-hydroxylation sites is 1. The molecule has 96 valence electrons. The molecule has 0 spiro atoms. The van der Waals surface area contributed by atoms with Gasteiger partial charge in [0, 0.05) is 23.5 Å². The van der Waals surface area contributed by atoms with E-state index in [2.05, 4.69) is 15.5 Å². The number of nitrogens with zero attached hydrogens (tertiary/aromatic N) is 1. The van der Waals surface area contributed by atoms with Crippen LogP contribution in [0.3, 0.4) is 0 Å². The topological polar surface area (TPSA) is 40.7 Å². The van der Waals surface area contributed by atoms with Gasteiger partial charge in [-0.2, -0.15) is 18.3 Å². The summed E-state index contributed by atoms with van der Waals surface area (Å²) in [4.78, 5) is 0. The molecule has 0 amide bonds. The Bertz CT molecular complexity index is 531. The molecule has 3 nitrogen and oxygen atoms in total. The van der Waals surface area contributed by atoms with E-state index in [0.29, 0.717) is 6.54 Å². The van der Waals surface area contributed by atoms with E-state index in [-0.39, 0.29) is 5.69 Å². The van der Waals surface area contributed by atoms with Crippen LogP contribution in [0.1, 0.15) is 16.8 Å². The number of benzene rings is 1. The lowest BCUT2D eigenvalue weighted by molar-refractivity contribution is -0.136. The highest BCUT2D eigenvalue weighted by Gasteiger charge is 2.33. The third-order valence-corrected chi connectivity index (χ3v) is 2.64. The number of hydrogen-bond acceptors (Lipinski definition) is 2. The minimum atomic E-state index is -4.35. The average molecular weight is 255 g/mol. The highest BCUT2D eigenvalue weighted by molar-refractivity contribution is 5.52. The van der Waals surface area contributed by atoms with Crippen molar-refractivity contribution in [3.63, 3.8) is 0 Å². The van der Waals surface area contributed by atoms with Gasteiger partial charge in [0.2, 0.25) is 0 Å². The van der Waals surface area contributed by atoms with E-state index >= 15 is 0 Å². The lowest BCUT2D eigenvalue weighted by atomic mass is 10.1. The Morgan fingerprint density at radius 3 is 2.61 bits per heavy atom. The van der Waals surface area contributed by atoms with Gasteiger partial charge in [-0.05, 0) is 19.1 Å². The summed E-state index contributed by atoms with van der Waals surface area (Å²) in [5, 5.41) is 9.34. The van der Waals surface area contributed by atoms with Gasteiger partial charge in [-0.3, -0.25) is 5.10 Å². The predicted octanol–water partition coefficient (Wildman–Crippen LogP) is 3.35. The van der Waals surface area contributed by atoms with Crippen molar-refractivity contribution < 1.29 is 13.2 Å². The van der Waals surface area contributed by atoms with Gasteiger partial charge in [-0.25, -0.2) is 0 Å². The molecule has 1 heterocycles. The molecule has 0 aliphatic heterocycles. The zero-order valence-corrected chi connectivity index (χ0v) is 9.67. The second-order valence-electron chi connectivity index (χ2n) is 3.92. The van der Waals surface area contributed by atoms with Gasteiger partial charge in [-0.15, -0.1) is 0 Å². The lowest BCUT2D eigenvalue weighted by Crippen LogP contribution is -2.10. The second-order valence-corrected chi connectivity index (χ2v) is 3.92. The van der Waals surface area contributed by atoms with Crippen molar-refractivity contribution in [1.82, 2.24) is 10.2 Å². The van der Waals surface area contributed by atoms with Crippen molar-refractivity contribution in [3.8, 4) is 0 Å². The zero-order valence-electron chi connectivity index (χ0n) is 9.67. The maximum absolute atomic E-state index is 12.7. The average Bonchev–Trinajstić information content (AvgIpc) is 2.71. The van der Waals surface area contributed by atoms with Crippen molar-refractivity contribution in [2.45, 2.75) is 19.6 Å². The first kappa shape index (κ1) is 12.5. The number of aromatic amines is 1. The van der Waals surface area contributed by atoms with E-state index in [0.717, 1.165) is 17.3 Å². The number of aryl methyl sites for hydroxylation is 1. The number of alkyl halides is 3. The summed E-state index contributed by atoms with van der Waals surface area (Å²) in [5.41, 5.74) is 1.09. The smallest absolute Gasteiger partial charge is 0.380 e. The Kier molecular flexibility index (Phi) is 3.27. The molecule has 0 radical (unpaired) electrons. The van der Waals surface area contributed by atoms with Crippen molar-refractivity contribution in [2.24, 2.45) is 0 Å². The number of H-pyrrole nitrogens is 1. The predicted molar refractivity (Wildman–Crippen MR) is 62.1 cm³/mol. The molecular formula is C12H12F3N3. The highest BCUT2D eigenvalue weighted by atomic mass is 19.4. The van der Waals surface area contributed by atoms with Crippen LogP contribution in [0.2, 0.25) is 0 Å². The van der Waals surface area contributed by atoms with Crippen LogP contribution in [0.15, 0.2) is 30.5 Å². The first-order valence-electron chi connectivity index (χ1n) is 5.37. The summed E-state index contributed by atoms with van der Waals surface area (Å²) < 4.78 is 38.2. The first-order valence-corrected chi connectivity index (χ1v) is 5.37. The van der Waals surface area contributed by atoms with Crippen LogP contribution in [0.4, 0.5) is 18.9 Å². The Labute approximate surface area is 102 Å². The molecule has 0 saturated carbocycles. The van der Waals surface area contributed by atoms with E-state index in [9.17, 15) is 13.2 Å². The summed E-state index contributed by atoms with van der Waals surface area (Å²) in [7, 11) is 0. The highest BCUT2D eigenvalue weighted by Crippen LogP contribution is 2.34. The summed E-state index contributed by atoms with van der Waals surface area (Å²) in [6.45, 7) is 2.12. The molecule has 0 saturated heterocycles. The molecule has 6 heteroatoms.